The van der Waals surface area contributed by atoms with Gasteiger partial charge in [-0.25, -0.2) is 0 Å². The predicted molar refractivity (Wildman–Crippen MR) is 191 cm³/mol. The Kier molecular flexibility index (Phi) is 9.74. The molecule has 0 radical (unpaired) electrons. The number of pyridine rings is 1. The Balaban J connectivity index is 1.17. The van der Waals surface area contributed by atoms with E-state index in [9.17, 15) is 9.59 Å². The molecule has 2 aromatic carbocycles. The van der Waals surface area contributed by atoms with Crippen molar-refractivity contribution in [1.82, 2.24) is 4.98 Å². The fourth-order valence-electron chi connectivity index (χ4n) is 9.26. The van der Waals surface area contributed by atoms with Crippen LogP contribution in [0, 0.1) is 17.8 Å². The van der Waals surface area contributed by atoms with Gasteiger partial charge in [0.15, 0.2) is 5.60 Å². The summed E-state index contributed by atoms with van der Waals surface area (Å²) in [4.78, 5) is 32.7. The second-order valence-electron chi connectivity index (χ2n) is 15.8. The molecule has 0 aliphatic heterocycles. The van der Waals surface area contributed by atoms with Crippen LogP contribution in [-0.2, 0) is 30.0 Å². The highest BCUT2D eigenvalue weighted by Gasteiger charge is 2.54. The second kappa shape index (κ2) is 13.6. The third-order valence-corrected chi connectivity index (χ3v) is 12.2. The lowest BCUT2D eigenvalue weighted by molar-refractivity contribution is -0.189. The summed E-state index contributed by atoms with van der Waals surface area (Å²) in [6.07, 6.45) is 11.2. The Morgan fingerprint density at radius 2 is 1.36 bits per heavy atom. The minimum atomic E-state index is -0.911. The van der Waals surface area contributed by atoms with Crippen LogP contribution in [0.25, 0.3) is 0 Å². The zero-order valence-corrected chi connectivity index (χ0v) is 28.9. The fourth-order valence-corrected chi connectivity index (χ4v) is 9.26. The molecule has 2 unspecified atom stereocenters. The standard InChI is InChI=1S/C40H51B2NO4/c1-5-37(2,34-18-12-13-21-43-34)42-28-38(3,36(45)47-40-25-29-22-30(26-40)24-31(23-29)27-40)41-20-19-35(44)46-39(4,32-14-8-6-9-15-32)33-16-10-7-11-17-33/h6-18,21,29-31,41-42H,5,19-20,22-28H2,1-4H3. The molecule has 1 aromatic heterocycles. The number of carbonyl (C=O) groups is 2. The van der Waals surface area contributed by atoms with Crippen molar-refractivity contribution in [2.45, 2.75) is 114 Å². The lowest BCUT2D eigenvalue weighted by Crippen LogP contribution is -2.54. The summed E-state index contributed by atoms with van der Waals surface area (Å²) in [5, 5.41) is -0.868. The lowest BCUT2D eigenvalue weighted by Gasteiger charge is -2.56. The number of rotatable bonds is 14. The zero-order valence-electron chi connectivity index (χ0n) is 28.9. The molecular weight excluding hydrogens is 580 g/mol. The lowest BCUT2D eigenvalue weighted by atomic mass is 9.37. The van der Waals surface area contributed by atoms with Crippen molar-refractivity contribution in [2.75, 3.05) is 0 Å². The molecular formula is C40H51B2NO4. The van der Waals surface area contributed by atoms with Gasteiger partial charge in [0.25, 0.3) is 0 Å². The molecule has 5 nitrogen and oxygen atoms in total. The van der Waals surface area contributed by atoms with Gasteiger partial charge in [-0.05, 0) is 91.8 Å². The van der Waals surface area contributed by atoms with Gasteiger partial charge in [-0.2, -0.15) is 0 Å². The monoisotopic (exact) mass is 631 g/mol. The van der Waals surface area contributed by atoms with E-state index >= 15 is 0 Å². The maximum atomic E-state index is 14.4. The molecule has 0 amide bonds. The Morgan fingerprint density at radius 3 is 1.87 bits per heavy atom. The molecule has 1 heterocycles. The minimum Gasteiger partial charge on any atom is -0.459 e. The third-order valence-electron chi connectivity index (χ3n) is 12.2. The highest BCUT2D eigenvalue weighted by atomic mass is 16.6. The van der Waals surface area contributed by atoms with Gasteiger partial charge in [0, 0.05) is 23.6 Å². The number of hydrogen-bond acceptors (Lipinski definition) is 5. The van der Waals surface area contributed by atoms with E-state index in [4.69, 9.17) is 14.5 Å². The topological polar surface area (TPSA) is 65.5 Å². The molecule has 47 heavy (non-hydrogen) atoms. The maximum absolute atomic E-state index is 14.4. The molecule has 246 valence electrons. The average Bonchev–Trinajstić information content (AvgIpc) is 3.07. The molecule has 0 spiro atoms. The highest BCUT2D eigenvalue weighted by Crippen LogP contribution is 2.58. The molecule has 0 saturated heterocycles. The molecule has 7 rings (SSSR count). The van der Waals surface area contributed by atoms with Crippen LogP contribution in [0.2, 0.25) is 18.0 Å². The predicted octanol–water partition coefficient (Wildman–Crippen LogP) is 8.00. The summed E-state index contributed by atoms with van der Waals surface area (Å²) in [6, 6.07) is 25.9. The molecule has 4 fully saturated rings. The van der Waals surface area contributed by atoms with E-state index in [-0.39, 0.29) is 29.3 Å². The Labute approximate surface area is 283 Å². The van der Waals surface area contributed by atoms with Crippen molar-refractivity contribution in [1.29, 1.82) is 0 Å². The van der Waals surface area contributed by atoms with Gasteiger partial charge in [-0.1, -0.05) is 107 Å². The van der Waals surface area contributed by atoms with Crippen LogP contribution in [0.15, 0.2) is 85.1 Å². The van der Waals surface area contributed by atoms with Crippen molar-refractivity contribution >= 4 is 26.5 Å². The van der Waals surface area contributed by atoms with Gasteiger partial charge in [-0.3, -0.25) is 14.6 Å². The number of nitrogens with zero attached hydrogens (tertiary/aromatic N) is 1. The van der Waals surface area contributed by atoms with E-state index in [0.29, 0.717) is 37.7 Å². The van der Waals surface area contributed by atoms with Gasteiger partial charge in [0.05, 0.1) is 0 Å². The van der Waals surface area contributed by atoms with Gasteiger partial charge in [0.1, 0.15) is 20.2 Å². The zero-order chi connectivity index (χ0) is 33.1. The summed E-state index contributed by atoms with van der Waals surface area (Å²) in [7, 11) is 1.39. The number of benzene rings is 2. The van der Waals surface area contributed by atoms with Crippen LogP contribution in [0.4, 0.5) is 0 Å². The van der Waals surface area contributed by atoms with Crippen molar-refractivity contribution in [3.05, 3.63) is 102 Å². The molecule has 4 bridgehead atoms. The first-order valence-corrected chi connectivity index (χ1v) is 18.0. The Morgan fingerprint density at radius 1 is 0.809 bits per heavy atom. The summed E-state index contributed by atoms with van der Waals surface area (Å²) in [6.45, 7) is 8.50. The van der Waals surface area contributed by atoms with E-state index < -0.39 is 10.9 Å². The van der Waals surface area contributed by atoms with Crippen LogP contribution in [0.1, 0.15) is 95.9 Å². The van der Waals surface area contributed by atoms with E-state index in [2.05, 4.69) is 26.8 Å². The largest absolute Gasteiger partial charge is 0.459 e. The first-order chi connectivity index (χ1) is 22.5. The summed E-state index contributed by atoms with van der Waals surface area (Å²) in [5.74, 6) is 1.76. The van der Waals surface area contributed by atoms with Crippen LogP contribution in [0.3, 0.4) is 0 Å². The fraction of sp³-hybridized carbons (Fsp3) is 0.525. The van der Waals surface area contributed by atoms with E-state index in [1.165, 1.54) is 19.3 Å². The SMILES string of the molecule is CCC(C)(BCC(C)(BCCC(=O)OC(C)(c1ccccc1)c1ccccc1)C(=O)OC12CC3CC(CC(C3)C1)C2)c1ccccn1. The number of hydrogen-bond donors (Lipinski definition) is 0. The molecule has 4 aliphatic carbocycles. The van der Waals surface area contributed by atoms with E-state index in [1.807, 2.05) is 85.9 Å². The first-order valence-electron chi connectivity index (χ1n) is 18.0. The molecule has 7 heteroatoms. The summed E-state index contributed by atoms with van der Waals surface area (Å²) < 4.78 is 13.0. The molecule has 2 atom stereocenters. The van der Waals surface area contributed by atoms with Gasteiger partial charge in [0.2, 0.25) is 0 Å². The van der Waals surface area contributed by atoms with Crippen molar-refractivity contribution in [2.24, 2.45) is 17.8 Å². The molecule has 0 N–H and O–H groups in total. The number of ether oxygens (including phenoxy) is 2. The normalized spacial score (nSPS) is 25.7. The number of carbonyl (C=O) groups excluding carboxylic acids is 2. The number of esters is 2. The van der Waals surface area contributed by atoms with Crippen LogP contribution in [-0.4, -0.2) is 37.1 Å². The third kappa shape index (κ3) is 7.25. The molecule has 3 aromatic rings. The Bertz CT molecular complexity index is 1440. The summed E-state index contributed by atoms with van der Waals surface area (Å²) in [5.41, 5.74) is 1.71. The van der Waals surface area contributed by atoms with Crippen LogP contribution in [0.5, 0.6) is 0 Å². The molecule has 4 aliphatic rings. The van der Waals surface area contributed by atoms with Crippen LogP contribution < -0.4 is 0 Å². The van der Waals surface area contributed by atoms with Gasteiger partial charge < -0.3 is 9.47 Å². The quantitative estimate of drug-likeness (QED) is 0.133. The molecule has 4 saturated carbocycles. The van der Waals surface area contributed by atoms with Crippen LogP contribution >= 0.6 is 0 Å². The highest BCUT2D eigenvalue weighted by molar-refractivity contribution is 6.52. The summed E-state index contributed by atoms with van der Waals surface area (Å²) >= 11 is 0. The van der Waals surface area contributed by atoms with Gasteiger partial charge in [-0.15, -0.1) is 0 Å². The second-order valence-corrected chi connectivity index (χ2v) is 15.8. The number of aromatic nitrogens is 1. The van der Waals surface area contributed by atoms with Crippen molar-refractivity contribution < 1.29 is 19.1 Å². The maximum Gasteiger partial charge on any atom is 0.306 e. The minimum absolute atomic E-state index is 0.0781. The average molecular weight is 631 g/mol. The van der Waals surface area contributed by atoms with E-state index in [1.54, 1.807) is 0 Å². The van der Waals surface area contributed by atoms with Gasteiger partial charge >= 0.3 is 11.9 Å². The first kappa shape index (κ1) is 33.6. The Hall–Kier alpha value is -3.34. The van der Waals surface area contributed by atoms with Crippen molar-refractivity contribution in [3.63, 3.8) is 0 Å². The van der Waals surface area contributed by atoms with Crippen molar-refractivity contribution in [3.8, 4) is 0 Å². The smallest absolute Gasteiger partial charge is 0.306 e. The van der Waals surface area contributed by atoms with E-state index in [0.717, 1.165) is 49.8 Å².